The van der Waals surface area contributed by atoms with Crippen LogP contribution < -0.4 is 10.1 Å². The van der Waals surface area contributed by atoms with Crippen molar-refractivity contribution >= 4 is 5.91 Å². The minimum atomic E-state index is -1.01. The van der Waals surface area contributed by atoms with Crippen molar-refractivity contribution in [1.82, 2.24) is 5.32 Å². The van der Waals surface area contributed by atoms with E-state index in [2.05, 4.69) is 5.32 Å². The van der Waals surface area contributed by atoms with Crippen LogP contribution in [0.15, 0.2) is 42.5 Å². The largest absolute Gasteiger partial charge is 0.481 e. The van der Waals surface area contributed by atoms with Crippen molar-refractivity contribution in [2.24, 2.45) is 0 Å². The molecule has 0 fully saturated rings. The van der Waals surface area contributed by atoms with Gasteiger partial charge in [-0.1, -0.05) is 12.1 Å². The molecule has 0 heterocycles. The number of ether oxygens (including phenoxy) is 1. The van der Waals surface area contributed by atoms with E-state index in [9.17, 15) is 23.1 Å². The maximum absolute atomic E-state index is 13.3. The van der Waals surface area contributed by atoms with Crippen LogP contribution >= 0.6 is 0 Å². The second-order valence-corrected chi connectivity index (χ2v) is 4.73. The number of carbonyl (C=O) groups excluding carboxylic acids is 1. The Hall–Kier alpha value is -2.54. The molecule has 122 valence electrons. The zero-order chi connectivity index (χ0) is 16.8. The first-order valence-corrected chi connectivity index (χ1v) is 6.74. The number of hydrogen-bond donors (Lipinski definition) is 2. The molecule has 0 aliphatic heterocycles. The predicted molar refractivity (Wildman–Crippen MR) is 76.2 cm³/mol. The van der Waals surface area contributed by atoms with Crippen molar-refractivity contribution in [3.8, 4) is 5.75 Å². The lowest BCUT2D eigenvalue weighted by Gasteiger charge is -2.13. The summed E-state index contributed by atoms with van der Waals surface area (Å²) in [5.41, 5.74) is 0.442. The Kier molecular flexibility index (Phi) is 5.59. The molecule has 2 rings (SSSR count). The van der Waals surface area contributed by atoms with Gasteiger partial charge in [-0.05, 0) is 29.8 Å². The van der Waals surface area contributed by atoms with E-state index in [4.69, 9.17) is 4.74 Å². The van der Waals surface area contributed by atoms with E-state index in [0.717, 1.165) is 12.1 Å². The highest BCUT2D eigenvalue weighted by atomic mass is 19.1. The van der Waals surface area contributed by atoms with Crippen LogP contribution in [-0.4, -0.2) is 24.2 Å². The van der Waals surface area contributed by atoms with Gasteiger partial charge >= 0.3 is 0 Å². The summed E-state index contributed by atoms with van der Waals surface area (Å²) in [6.07, 6.45) is -1.01. The number of amides is 1. The quantitative estimate of drug-likeness (QED) is 0.857. The zero-order valence-corrected chi connectivity index (χ0v) is 11.9. The molecule has 2 aromatic rings. The van der Waals surface area contributed by atoms with Crippen LogP contribution in [0.5, 0.6) is 5.75 Å². The first kappa shape index (κ1) is 16.8. The molecule has 4 nitrogen and oxygen atoms in total. The van der Waals surface area contributed by atoms with Gasteiger partial charge in [0.1, 0.15) is 11.6 Å². The van der Waals surface area contributed by atoms with Gasteiger partial charge in [0.15, 0.2) is 18.2 Å². The minimum Gasteiger partial charge on any atom is -0.481 e. The number of aliphatic hydroxyl groups excluding tert-OH is 1. The van der Waals surface area contributed by atoms with Crippen LogP contribution in [0.3, 0.4) is 0 Å². The molecule has 1 amide bonds. The molecule has 0 saturated carbocycles. The number of nitrogens with one attached hydrogen (secondary N) is 1. The Bertz CT molecular complexity index is 677. The van der Waals surface area contributed by atoms with Crippen LogP contribution in [0.2, 0.25) is 0 Å². The monoisotopic (exact) mass is 325 g/mol. The van der Waals surface area contributed by atoms with Gasteiger partial charge in [0, 0.05) is 12.6 Å². The molecular formula is C16H14F3NO3. The molecule has 2 N–H and O–H groups in total. The molecule has 0 radical (unpaired) electrons. The first-order valence-electron chi connectivity index (χ1n) is 6.74. The van der Waals surface area contributed by atoms with Crippen molar-refractivity contribution in [1.29, 1.82) is 0 Å². The highest BCUT2D eigenvalue weighted by Gasteiger charge is 2.11. The molecule has 2 aromatic carbocycles. The molecule has 1 unspecified atom stereocenters. The van der Waals surface area contributed by atoms with Crippen LogP contribution in [0.25, 0.3) is 0 Å². The maximum Gasteiger partial charge on any atom is 0.258 e. The third-order valence-electron chi connectivity index (χ3n) is 3.00. The Labute approximate surface area is 130 Å². The number of benzene rings is 2. The van der Waals surface area contributed by atoms with Crippen LogP contribution in [-0.2, 0) is 4.79 Å². The van der Waals surface area contributed by atoms with E-state index in [1.54, 1.807) is 0 Å². The molecule has 0 aliphatic carbocycles. The van der Waals surface area contributed by atoms with E-state index >= 15 is 0 Å². The van der Waals surface area contributed by atoms with Gasteiger partial charge in [0.2, 0.25) is 0 Å². The summed E-state index contributed by atoms with van der Waals surface area (Å²) < 4.78 is 43.7. The second kappa shape index (κ2) is 7.64. The van der Waals surface area contributed by atoms with Gasteiger partial charge in [-0.2, -0.15) is 0 Å². The number of hydrogen-bond acceptors (Lipinski definition) is 3. The van der Waals surface area contributed by atoms with Gasteiger partial charge in [-0.25, -0.2) is 13.2 Å². The normalized spacial score (nSPS) is 11.8. The summed E-state index contributed by atoms with van der Waals surface area (Å²) in [5.74, 6) is -2.93. The zero-order valence-electron chi connectivity index (χ0n) is 11.9. The fourth-order valence-corrected chi connectivity index (χ4v) is 1.80. The van der Waals surface area contributed by atoms with Gasteiger partial charge < -0.3 is 15.2 Å². The van der Waals surface area contributed by atoms with Gasteiger partial charge in [0.25, 0.3) is 5.91 Å². The lowest BCUT2D eigenvalue weighted by molar-refractivity contribution is -0.123. The fraction of sp³-hybridized carbons (Fsp3) is 0.188. The molecule has 0 spiro atoms. The summed E-state index contributed by atoms with van der Waals surface area (Å²) in [4.78, 5) is 11.6. The fourth-order valence-electron chi connectivity index (χ4n) is 1.80. The van der Waals surface area contributed by atoms with Gasteiger partial charge in [-0.15, -0.1) is 0 Å². The van der Waals surface area contributed by atoms with Gasteiger partial charge in [-0.3, -0.25) is 4.79 Å². The van der Waals surface area contributed by atoms with Crippen molar-refractivity contribution in [2.45, 2.75) is 6.10 Å². The number of halogens is 3. The van der Waals surface area contributed by atoms with Crippen molar-refractivity contribution in [2.75, 3.05) is 13.2 Å². The topological polar surface area (TPSA) is 58.6 Å². The summed E-state index contributed by atoms with van der Waals surface area (Å²) in [6, 6.07) is 7.92. The number of aliphatic hydroxyl groups is 1. The summed E-state index contributed by atoms with van der Waals surface area (Å²) >= 11 is 0. The van der Waals surface area contributed by atoms with E-state index < -0.39 is 36.1 Å². The average Bonchev–Trinajstić information content (AvgIpc) is 2.52. The van der Waals surface area contributed by atoms with E-state index in [1.165, 1.54) is 24.3 Å². The van der Waals surface area contributed by atoms with E-state index in [1.807, 2.05) is 0 Å². The Balaban J connectivity index is 1.79. The summed E-state index contributed by atoms with van der Waals surface area (Å²) in [6.45, 7) is -0.599. The highest BCUT2D eigenvalue weighted by molar-refractivity contribution is 5.77. The van der Waals surface area contributed by atoms with Crippen molar-refractivity contribution in [3.63, 3.8) is 0 Å². The average molecular weight is 325 g/mol. The Morgan fingerprint density at radius 3 is 2.39 bits per heavy atom. The summed E-state index contributed by atoms with van der Waals surface area (Å²) in [7, 11) is 0. The first-order chi connectivity index (χ1) is 11.0. The lowest BCUT2D eigenvalue weighted by atomic mass is 10.1. The van der Waals surface area contributed by atoms with Crippen molar-refractivity contribution in [3.05, 3.63) is 65.5 Å². The smallest absolute Gasteiger partial charge is 0.258 e. The maximum atomic E-state index is 13.3. The second-order valence-electron chi connectivity index (χ2n) is 4.73. The van der Waals surface area contributed by atoms with Crippen LogP contribution in [0.4, 0.5) is 13.2 Å². The molecule has 7 heteroatoms. The Morgan fingerprint density at radius 1 is 1.09 bits per heavy atom. The van der Waals surface area contributed by atoms with E-state index in [-0.39, 0.29) is 12.3 Å². The minimum absolute atomic E-state index is 0.111. The highest BCUT2D eigenvalue weighted by Crippen LogP contribution is 2.17. The number of rotatable bonds is 6. The standard InChI is InChI=1S/C16H14F3NO3/c17-11-3-1-10(2-4-11)14(21)8-20-16(22)9-23-15-6-5-12(18)7-13(15)19/h1-7,14,21H,8-9H2,(H,20,22). The Morgan fingerprint density at radius 2 is 1.74 bits per heavy atom. The number of carbonyl (C=O) groups is 1. The molecule has 0 saturated heterocycles. The molecule has 23 heavy (non-hydrogen) atoms. The molecule has 0 bridgehead atoms. The SMILES string of the molecule is O=C(COc1ccc(F)cc1F)NCC(O)c1ccc(F)cc1. The van der Waals surface area contributed by atoms with Crippen LogP contribution in [0.1, 0.15) is 11.7 Å². The third-order valence-corrected chi connectivity index (χ3v) is 3.00. The van der Waals surface area contributed by atoms with E-state index in [0.29, 0.717) is 11.6 Å². The third kappa shape index (κ3) is 5.00. The molecule has 0 aromatic heterocycles. The van der Waals surface area contributed by atoms with Gasteiger partial charge in [0.05, 0.1) is 6.10 Å². The summed E-state index contributed by atoms with van der Waals surface area (Å²) in [5, 5.41) is 12.2. The molecular weight excluding hydrogens is 311 g/mol. The van der Waals surface area contributed by atoms with Crippen molar-refractivity contribution < 1.29 is 27.8 Å². The lowest BCUT2D eigenvalue weighted by Crippen LogP contribution is -2.32. The molecule has 1 atom stereocenters. The molecule has 0 aliphatic rings. The predicted octanol–water partition coefficient (Wildman–Crippen LogP) is 2.33. The van der Waals surface area contributed by atoms with Crippen LogP contribution in [0, 0.1) is 17.5 Å².